The van der Waals surface area contributed by atoms with Crippen molar-refractivity contribution in [2.75, 3.05) is 13.7 Å². The standard InChI is InChI=1S/C19H25FO5/c1-19(2)24-12-13(8-5-4-6-11-16(21)22)17(25-19)14-9-7-10-15(20)18(14)23-3/h4-5,7,9-10,13,17H,6,8,11-12H2,1-3H3,(H,21,22)/t13-,17+/m1/s1. The van der Waals surface area contributed by atoms with Crippen LogP contribution in [0.4, 0.5) is 4.39 Å². The zero-order valence-corrected chi connectivity index (χ0v) is 14.8. The molecule has 1 aromatic rings. The zero-order chi connectivity index (χ0) is 18.4. The van der Waals surface area contributed by atoms with Crippen molar-refractivity contribution in [1.29, 1.82) is 0 Å². The van der Waals surface area contributed by atoms with Gasteiger partial charge in [0.25, 0.3) is 0 Å². The molecule has 0 unspecified atom stereocenters. The van der Waals surface area contributed by atoms with Crippen LogP contribution < -0.4 is 4.74 Å². The first-order valence-corrected chi connectivity index (χ1v) is 8.35. The maximum Gasteiger partial charge on any atom is 0.303 e. The van der Waals surface area contributed by atoms with Crippen molar-refractivity contribution in [2.45, 2.75) is 45.0 Å². The van der Waals surface area contributed by atoms with E-state index in [0.29, 0.717) is 25.0 Å². The minimum atomic E-state index is -0.821. The number of benzene rings is 1. The minimum Gasteiger partial charge on any atom is -0.493 e. The van der Waals surface area contributed by atoms with Crippen LogP contribution in [0.3, 0.4) is 0 Å². The fourth-order valence-electron chi connectivity index (χ4n) is 2.90. The fourth-order valence-corrected chi connectivity index (χ4v) is 2.90. The summed E-state index contributed by atoms with van der Waals surface area (Å²) in [5.74, 6) is -1.86. The van der Waals surface area contributed by atoms with Crippen LogP contribution in [-0.4, -0.2) is 30.6 Å². The van der Waals surface area contributed by atoms with E-state index in [1.807, 2.05) is 26.0 Å². The second kappa shape index (κ2) is 8.45. The zero-order valence-electron chi connectivity index (χ0n) is 14.8. The van der Waals surface area contributed by atoms with Crippen LogP contribution in [0, 0.1) is 11.7 Å². The molecule has 0 saturated carbocycles. The van der Waals surface area contributed by atoms with Crippen molar-refractivity contribution in [2.24, 2.45) is 5.92 Å². The molecule has 1 heterocycles. The number of carboxylic acid groups (broad SMARTS) is 1. The third kappa shape index (κ3) is 5.28. The highest BCUT2D eigenvalue weighted by Crippen LogP contribution is 2.42. The van der Waals surface area contributed by atoms with Crippen molar-refractivity contribution >= 4 is 5.97 Å². The molecule has 1 fully saturated rings. The summed E-state index contributed by atoms with van der Waals surface area (Å²) in [6.45, 7) is 4.11. The highest BCUT2D eigenvalue weighted by Gasteiger charge is 2.38. The smallest absolute Gasteiger partial charge is 0.303 e. The van der Waals surface area contributed by atoms with Gasteiger partial charge < -0.3 is 19.3 Å². The highest BCUT2D eigenvalue weighted by molar-refractivity contribution is 5.66. The SMILES string of the molecule is COc1c(F)cccc1[C@H]1OC(C)(C)OC[C@H]1CC=CCCC(=O)O. The number of carboxylic acids is 1. The summed E-state index contributed by atoms with van der Waals surface area (Å²) in [6, 6.07) is 4.79. The topological polar surface area (TPSA) is 65.0 Å². The largest absolute Gasteiger partial charge is 0.493 e. The van der Waals surface area contributed by atoms with Gasteiger partial charge in [0.2, 0.25) is 0 Å². The predicted octanol–water partition coefficient (Wildman–Crippen LogP) is 4.09. The molecule has 138 valence electrons. The quantitative estimate of drug-likeness (QED) is 0.749. The van der Waals surface area contributed by atoms with Gasteiger partial charge in [0, 0.05) is 17.9 Å². The first-order valence-electron chi connectivity index (χ1n) is 8.35. The van der Waals surface area contributed by atoms with E-state index in [1.54, 1.807) is 12.1 Å². The van der Waals surface area contributed by atoms with Gasteiger partial charge in [0.1, 0.15) is 0 Å². The maximum atomic E-state index is 14.1. The predicted molar refractivity (Wildman–Crippen MR) is 90.9 cm³/mol. The monoisotopic (exact) mass is 352 g/mol. The van der Waals surface area contributed by atoms with Crippen LogP contribution in [-0.2, 0) is 14.3 Å². The first-order chi connectivity index (χ1) is 11.8. The van der Waals surface area contributed by atoms with E-state index < -0.39 is 17.6 Å². The number of para-hydroxylation sites is 1. The lowest BCUT2D eigenvalue weighted by atomic mass is 9.90. The molecule has 0 aromatic heterocycles. The van der Waals surface area contributed by atoms with E-state index in [9.17, 15) is 9.18 Å². The third-order valence-electron chi connectivity index (χ3n) is 4.12. The Morgan fingerprint density at radius 1 is 1.44 bits per heavy atom. The van der Waals surface area contributed by atoms with Gasteiger partial charge in [-0.15, -0.1) is 0 Å². The number of allylic oxidation sites excluding steroid dienone is 2. The summed E-state index contributed by atoms with van der Waals surface area (Å²) >= 11 is 0. The molecule has 1 aromatic carbocycles. The number of hydrogen-bond donors (Lipinski definition) is 1. The Labute approximate surface area is 147 Å². The molecule has 0 aliphatic carbocycles. The molecule has 25 heavy (non-hydrogen) atoms. The first kappa shape index (κ1) is 19.4. The van der Waals surface area contributed by atoms with Crippen LogP contribution in [0.15, 0.2) is 30.4 Å². The van der Waals surface area contributed by atoms with E-state index in [4.69, 9.17) is 19.3 Å². The minimum absolute atomic E-state index is 0.0233. The molecular weight excluding hydrogens is 327 g/mol. The Kier molecular flexibility index (Phi) is 6.56. The average molecular weight is 352 g/mol. The number of ether oxygens (including phenoxy) is 3. The average Bonchev–Trinajstić information content (AvgIpc) is 2.54. The summed E-state index contributed by atoms with van der Waals surface area (Å²) in [6.07, 6.45) is 4.61. The number of methoxy groups -OCH3 is 1. The Bertz CT molecular complexity index is 626. The lowest BCUT2D eigenvalue weighted by molar-refractivity contribution is -0.295. The van der Waals surface area contributed by atoms with E-state index in [0.717, 1.165) is 0 Å². The molecular formula is C19H25FO5. The van der Waals surface area contributed by atoms with E-state index in [1.165, 1.54) is 13.2 Å². The van der Waals surface area contributed by atoms with Crippen molar-refractivity contribution < 1.29 is 28.5 Å². The Balaban J connectivity index is 2.18. The Morgan fingerprint density at radius 2 is 2.20 bits per heavy atom. The molecule has 2 atom stereocenters. The second-order valence-electron chi connectivity index (χ2n) is 6.51. The molecule has 1 saturated heterocycles. The highest BCUT2D eigenvalue weighted by atomic mass is 19.1. The van der Waals surface area contributed by atoms with Gasteiger partial charge in [0.05, 0.1) is 19.8 Å². The van der Waals surface area contributed by atoms with Crippen LogP contribution in [0.25, 0.3) is 0 Å². The molecule has 0 bridgehead atoms. The van der Waals surface area contributed by atoms with Crippen molar-refractivity contribution in [3.05, 3.63) is 41.7 Å². The number of hydrogen-bond acceptors (Lipinski definition) is 4. The summed E-state index contributed by atoms with van der Waals surface area (Å²) in [5.41, 5.74) is 0.655. The van der Waals surface area contributed by atoms with Gasteiger partial charge in [0.15, 0.2) is 17.4 Å². The van der Waals surface area contributed by atoms with Crippen LogP contribution in [0.2, 0.25) is 0 Å². The summed E-state index contributed by atoms with van der Waals surface area (Å²) in [7, 11) is 1.44. The lowest BCUT2D eigenvalue weighted by Crippen LogP contribution is -2.41. The van der Waals surface area contributed by atoms with Crippen LogP contribution >= 0.6 is 0 Å². The van der Waals surface area contributed by atoms with Crippen molar-refractivity contribution in [3.63, 3.8) is 0 Å². The van der Waals surface area contributed by atoms with Crippen LogP contribution in [0.1, 0.15) is 44.8 Å². The van der Waals surface area contributed by atoms with Gasteiger partial charge >= 0.3 is 5.97 Å². The van der Waals surface area contributed by atoms with Gasteiger partial charge in [-0.3, -0.25) is 4.79 Å². The number of carbonyl (C=O) groups is 1. The third-order valence-corrected chi connectivity index (χ3v) is 4.12. The molecule has 1 N–H and O–H groups in total. The molecule has 0 spiro atoms. The molecule has 6 heteroatoms. The number of rotatable bonds is 7. The lowest BCUT2D eigenvalue weighted by Gasteiger charge is -2.41. The van der Waals surface area contributed by atoms with E-state index in [2.05, 4.69) is 0 Å². The molecule has 1 aliphatic rings. The van der Waals surface area contributed by atoms with Crippen molar-refractivity contribution in [1.82, 2.24) is 0 Å². The normalized spacial score (nSPS) is 22.9. The molecule has 0 radical (unpaired) electrons. The summed E-state index contributed by atoms with van der Waals surface area (Å²) in [4.78, 5) is 10.6. The molecule has 1 aliphatic heterocycles. The van der Waals surface area contributed by atoms with Gasteiger partial charge in [-0.2, -0.15) is 0 Å². The number of halogens is 1. The molecule has 0 amide bonds. The summed E-state index contributed by atoms with van der Waals surface area (Å²) < 4.78 is 31.1. The van der Waals surface area contributed by atoms with Crippen LogP contribution in [0.5, 0.6) is 5.75 Å². The van der Waals surface area contributed by atoms with Gasteiger partial charge in [-0.1, -0.05) is 24.3 Å². The Morgan fingerprint density at radius 3 is 2.88 bits per heavy atom. The van der Waals surface area contributed by atoms with Gasteiger partial charge in [-0.25, -0.2) is 4.39 Å². The number of aliphatic carboxylic acids is 1. The summed E-state index contributed by atoms with van der Waals surface area (Å²) in [5, 5.41) is 8.67. The van der Waals surface area contributed by atoms with E-state index >= 15 is 0 Å². The molecule has 2 rings (SSSR count). The van der Waals surface area contributed by atoms with Gasteiger partial charge in [-0.05, 0) is 32.8 Å². The fraction of sp³-hybridized carbons (Fsp3) is 0.526. The maximum absolute atomic E-state index is 14.1. The molecule has 5 nitrogen and oxygen atoms in total. The van der Waals surface area contributed by atoms with E-state index in [-0.39, 0.29) is 24.2 Å². The van der Waals surface area contributed by atoms with Crippen molar-refractivity contribution in [3.8, 4) is 5.75 Å². The Hall–Kier alpha value is -1.92. The second-order valence-corrected chi connectivity index (χ2v) is 6.51.